The van der Waals surface area contributed by atoms with Crippen LogP contribution in [0.5, 0.6) is 0 Å². The average molecular weight is 395 g/mol. The van der Waals surface area contributed by atoms with Crippen LogP contribution in [0.2, 0.25) is 0 Å². The number of hydrogen-bond acceptors (Lipinski definition) is 7. The highest BCUT2D eigenvalue weighted by molar-refractivity contribution is 7.91. The van der Waals surface area contributed by atoms with Gasteiger partial charge in [0.2, 0.25) is 5.91 Å². The zero-order valence-corrected chi connectivity index (χ0v) is 16.5. The quantitative estimate of drug-likeness (QED) is 0.695. The largest absolute Gasteiger partial charge is 0.352 e. The molecular formula is C17H25N5O4S. The Morgan fingerprint density at radius 3 is 2.30 bits per heavy atom. The Kier molecular flexibility index (Phi) is 5.64. The Morgan fingerprint density at radius 1 is 1.15 bits per heavy atom. The molecule has 2 saturated heterocycles. The molecule has 2 aliphatic heterocycles. The summed E-state index contributed by atoms with van der Waals surface area (Å²) in [7, 11) is -2.98. The molecule has 3 heterocycles. The molecule has 0 aliphatic carbocycles. The first-order valence-corrected chi connectivity index (χ1v) is 11.0. The minimum Gasteiger partial charge on any atom is -0.352 e. The third kappa shape index (κ3) is 4.37. The maximum atomic E-state index is 12.6. The monoisotopic (exact) mass is 395 g/mol. The first-order valence-electron chi connectivity index (χ1n) is 9.14. The minimum absolute atomic E-state index is 0.0137. The first kappa shape index (κ1) is 19.5. The molecule has 0 radical (unpaired) electrons. The molecule has 2 amide bonds. The Balaban J connectivity index is 1.66. The van der Waals surface area contributed by atoms with Gasteiger partial charge in [-0.25, -0.2) is 18.4 Å². The van der Waals surface area contributed by atoms with Crippen LogP contribution in [0.25, 0.3) is 0 Å². The van der Waals surface area contributed by atoms with Crippen molar-refractivity contribution in [3.05, 3.63) is 18.1 Å². The molecule has 2 aliphatic rings. The first-order chi connectivity index (χ1) is 12.8. The summed E-state index contributed by atoms with van der Waals surface area (Å²) in [6, 6.07) is -0.101. The van der Waals surface area contributed by atoms with E-state index < -0.39 is 9.84 Å². The predicted octanol–water partition coefficient (Wildman–Crippen LogP) is -0.206. The molecule has 27 heavy (non-hydrogen) atoms. The van der Waals surface area contributed by atoms with Gasteiger partial charge in [0, 0.05) is 45.7 Å². The van der Waals surface area contributed by atoms with E-state index in [9.17, 15) is 18.0 Å². The van der Waals surface area contributed by atoms with Gasteiger partial charge < -0.3 is 14.7 Å². The van der Waals surface area contributed by atoms with Gasteiger partial charge in [-0.15, -0.1) is 0 Å². The average Bonchev–Trinajstić information content (AvgIpc) is 3.02. The molecule has 3 rings (SSSR count). The van der Waals surface area contributed by atoms with Crippen molar-refractivity contribution in [2.45, 2.75) is 26.3 Å². The fourth-order valence-electron chi connectivity index (χ4n) is 3.59. The van der Waals surface area contributed by atoms with Crippen LogP contribution in [0, 0.1) is 0 Å². The second kappa shape index (κ2) is 7.79. The van der Waals surface area contributed by atoms with E-state index in [1.54, 1.807) is 9.80 Å². The molecule has 1 unspecified atom stereocenters. The van der Waals surface area contributed by atoms with Gasteiger partial charge in [-0.05, 0) is 13.3 Å². The van der Waals surface area contributed by atoms with E-state index >= 15 is 0 Å². The van der Waals surface area contributed by atoms with Gasteiger partial charge in [0.25, 0.3) is 5.91 Å². The van der Waals surface area contributed by atoms with Crippen molar-refractivity contribution in [2.75, 3.05) is 49.1 Å². The van der Waals surface area contributed by atoms with Crippen molar-refractivity contribution in [3.63, 3.8) is 0 Å². The SMILES string of the molecule is CCN(c1cnc(C(=O)N2CCN(C(C)=O)CC2)cn1)C1CCS(=O)(=O)C1. The maximum absolute atomic E-state index is 12.6. The van der Waals surface area contributed by atoms with Gasteiger partial charge >= 0.3 is 0 Å². The number of piperazine rings is 1. The van der Waals surface area contributed by atoms with Crippen LogP contribution in [0.1, 0.15) is 30.8 Å². The Hall–Kier alpha value is -2.23. The third-order valence-corrected chi connectivity index (χ3v) is 6.90. The fourth-order valence-corrected chi connectivity index (χ4v) is 5.33. The summed E-state index contributed by atoms with van der Waals surface area (Å²) in [4.78, 5) is 37.9. The molecule has 0 saturated carbocycles. The summed E-state index contributed by atoms with van der Waals surface area (Å²) >= 11 is 0. The molecule has 2 fully saturated rings. The van der Waals surface area contributed by atoms with E-state index in [0.29, 0.717) is 45.0 Å². The third-order valence-electron chi connectivity index (χ3n) is 5.15. The van der Waals surface area contributed by atoms with Gasteiger partial charge in [0.15, 0.2) is 9.84 Å². The second-order valence-electron chi connectivity index (χ2n) is 6.90. The number of amides is 2. The van der Waals surface area contributed by atoms with Crippen LogP contribution in [0.3, 0.4) is 0 Å². The summed E-state index contributed by atoms with van der Waals surface area (Å²) in [5, 5.41) is 0. The molecule has 9 nitrogen and oxygen atoms in total. The van der Waals surface area contributed by atoms with Gasteiger partial charge in [-0.1, -0.05) is 0 Å². The van der Waals surface area contributed by atoms with Crippen LogP contribution in [-0.4, -0.2) is 90.3 Å². The fraction of sp³-hybridized carbons (Fsp3) is 0.647. The second-order valence-corrected chi connectivity index (χ2v) is 9.13. The van der Waals surface area contributed by atoms with Crippen molar-refractivity contribution in [3.8, 4) is 0 Å². The normalized spacial score (nSPS) is 21.9. The van der Waals surface area contributed by atoms with Crippen molar-refractivity contribution in [2.24, 2.45) is 0 Å². The number of hydrogen-bond donors (Lipinski definition) is 0. The van der Waals surface area contributed by atoms with Crippen LogP contribution in [-0.2, 0) is 14.6 Å². The van der Waals surface area contributed by atoms with Crippen LogP contribution < -0.4 is 4.90 Å². The lowest BCUT2D eigenvalue weighted by molar-refractivity contribution is -0.130. The Morgan fingerprint density at radius 2 is 1.81 bits per heavy atom. The summed E-state index contributed by atoms with van der Waals surface area (Å²) in [6.07, 6.45) is 3.56. The molecule has 0 aromatic carbocycles. The standard InChI is InChI=1S/C17H25N5O4S/c1-3-22(14-4-9-27(25,26)12-14)16-11-18-15(10-19-16)17(24)21-7-5-20(6-8-21)13(2)23/h10-11,14H,3-9,12H2,1-2H3. The highest BCUT2D eigenvalue weighted by Crippen LogP contribution is 2.22. The highest BCUT2D eigenvalue weighted by Gasteiger charge is 2.32. The summed E-state index contributed by atoms with van der Waals surface area (Å²) in [5.74, 6) is 0.717. The molecule has 10 heteroatoms. The number of sulfone groups is 1. The summed E-state index contributed by atoms with van der Waals surface area (Å²) in [6.45, 7) is 6.08. The number of aromatic nitrogens is 2. The van der Waals surface area contributed by atoms with Crippen molar-refractivity contribution in [1.82, 2.24) is 19.8 Å². The van der Waals surface area contributed by atoms with Crippen molar-refractivity contribution < 1.29 is 18.0 Å². The number of nitrogens with zero attached hydrogens (tertiary/aromatic N) is 5. The van der Waals surface area contributed by atoms with E-state index in [2.05, 4.69) is 9.97 Å². The molecule has 0 spiro atoms. The summed E-state index contributed by atoms with van der Waals surface area (Å²) < 4.78 is 23.5. The van der Waals surface area contributed by atoms with Crippen molar-refractivity contribution in [1.29, 1.82) is 0 Å². The number of rotatable bonds is 4. The minimum atomic E-state index is -2.98. The van der Waals surface area contributed by atoms with E-state index in [4.69, 9.17) is 0 Å². The highest BCUT2D eigenvalue weighted by atomic mass is 32.2. The Bertz CT molecular complexity index is 803. The maximum Gasteiger partial charge on any atom is 0.274 e. The van der Waals surface area contributed by atoms with E-state index in [1.807, 2.05) is 11.8 Å². The van der Waals surface area contributed by atoms with E-state index in [0.717, 1.165) is 0 Å². The molecule has 148 valence electrons. The summed E-state index contributed by atoms with van der Waals surface area (Å²) in [5.41, 5.74) is 0.255. The molecule has 1 atom stereocenters. The zero-order chi connectivity index (χ0) is 19.6. The van der Waals surface area contributed by atoms with Gasteiger partial charge in [0.05, 0.1) is 23.9 Å². The van der Waals surface area contributed by atoms with Crippen LogP contribution >= 0.6 is 0 Å². The predicted molar refractivity (Wildman–Crippen MR) is 100 cm³/mol. The number of carbonyl (C=O) groups excluding carboxylic acids is 2. The van der Waals surface area contributed by atoms with Crippen molar-refractivity contribution >= 4 is 27.5 Å². The lowest BCUT2D eigenvalue weighted by Crippen LogP contribution is -2.50. The Labute approximate surface area is 159 Å². The lowest BCUT2D eigenvalue weighted by atomic mass is 10.2. The van der Waals surface area contributed by atoms with Crippen LogP contribution in [0.15, 0.2) is 12.4 Å². The van der Waals surface area contributed by atoms with Gasteiger partial charge in [-0.3, -0.25) is 9.59 Å². The molecule has 1 aromatic rings. The lowest BCUT2D eigenvalue weighted by Gasteiger charge is -2.34. The molecule has 0 N–H and O–H groups in total. The number of anilines is 1. The zero-order valence-electron chi connectivity index (χ0n) is 15.7. The van der Waals surface area contributed by atoms with Gasteiger partial charge in [-0.2, -0.15) is 0 Å². The van der Waals surface area contributed by atoms with E-state index in [1.165, 1.54) is 19.3 Å². The topological polar surface area (TPSA) is 104 Å². The molecular weight excluding hydrogens is 370 g/mol. The van der Waals surface area contributed by atoms with E-state index in [-0.39, 0.29) is 35.1 Å². The van der Waals surface area contributed by atoms with Gasteiger partial charge in [0.1, 0.15) is 11.5 Å². The molecule has 0 bridgehead atoms. The number of carbonyl (C=O) groups is 2. The molecule has 1 aromatic heterocycles. The van der Waals surface area contributed by atoms with Crippen LogP contribution in [0.4, 0.5) is 5.82 Å². The smallest absolute Gasteiger partial charge is 0.274 e.